The molecule has 0 aliphatic rings. The maximum absolute atomic E-state index is 11.1. The minimum absolute atomic E-state index is 0.122. The molecule has 0 heterocycles. The summed E-state index contributed by atoms with van der Waals surface area (Å²) in [5.74, 6) is -0.391. The van der Waals surface area contributed by atoms with Crippen LogP contribution in [0.5, 0.6) is 0 Å². The van der Waals surface area contributed by atoms with Crippen LogP contribution in [-0.2, 0) is 4.79 Å². The number of carbonyl (C=O) groups excluding carboxylic acids is 1. The monoisotopic (exact) mass is 178 g/mol. The molecule has 0 aromatic rings. The van der Waals surface area contributed by atoms with Gasteiger partial charge in [-0.15, -0.1) is 0 Å². The lowest BCUT2D eigenvalue weighted by Gasteiger charge is -2.29. The maximum Gasteiger partial charge on any atom is 0.339 e. The summed E-state index contributed by atoms with van der Waals surface area (Å²) in [6.45, 7) is -0.388. The number of nitrogens with zero attached hydrogens (tertiary/aromatic N) is 1. The topological polar surface area (TPSA) is 77.8 Å². The van der Waals surface area contributed by atoms with E-state index in [-0.39, 0.29) is 30.8 Å². The van der Waals surface area contributed by atoms with Gasteiger partial charge in [0.25, 0.3) is 0 Å². The van der Waals surface area contributed by atoms with Crippen LogP contribution >= 0.6 is 0 Å². The lowest BCUT2D eigenvalue weighted by Crippen LogP contribution is -2.53. The Kier molecular flexibility index (Phi) is 5.00. The van der Waals surface area contributed by atoms with Crippen molar-refractivity contribution in [1.29, 1.82) is 0 Å². The van der Waals surface area contributed by atoms with Crippen molar-refractivity contribution >= 4 is 5.91 Å². The third-order valence-corrected chi connectivity index (χ3v) is 1.92. The van der Waals surface area contributed by atoms with Crippen LogP contribution in [0.2, 0.25) is 0 Å². The first kappa shape index (κ1) is 11.5. The lowest BCUT2D eigenvalue weighted by molar-refractivity contribution is -0.836. The molecule has 3 N–H and O–H groups in total. The van der Waals surface area contributed by atoms with Crippen LogP contribution in [0.1, 0.15) is 0 Å². The molecule has 0 spiro atoms. The Bertz CT molecular complexity index is 142. The Morgan fingerprint density at radius 3 is 1.83 bits per heavy atom. The Hall–Kier alpha value is -0.490. The van der Waals surface area contributed by atoms with E-state index in [0.717, 1.165) is 0 Å². The number of aliphatic hydroxyl groups is 3. The Balaban J connectivity index is 4.26. The normalized spacial score (nSPS) is 11.7. The molecule has 0 fully saturated rings. The molecular formula is C7H16NO4+. The third-order valence-electron chi connectivity index (χ3n) is 1.92. The van der Waals surface area contributed by atoms with Crippen LogP contribution in [0.25, 0.3) is 0 Å². The lowest BCUT2D eigenvalue weighted by atomic mass is 10.3. The average Bonchev–Trinajstić information content (AvgIpc) is 2.04. The fourth-order valence-corrected chi connectivity index (χ4v) is 0.973. The van der Waals surface area contributed by atoms with Crippen LogP contribution in [0.15, 0.2) is 0 Å². The Morgan fingerprint density at radius 1 is 1.17 bits per heavy atom. The molecular weight excluding hydrogens is 162 g/mol. The number of likely N-dealkylation sites (N-methyl/N-ethyl adjacent to an activating group) is 1. The number of amides is 1. The molecule has 0 aliphatic carbocycles. The van der Waals surface area contributed by atoms with E-state index in [1.165, 1.54) is 0 Å². The first-order chi connectivity index (χ1) is 5.60. The van der Waals surface area contributed by atoms with Gasteiger partial charge in [0, 0.05) is 0 Å². The highest BCUT2D eigenvalue weighted by Crippen LogP contribution is 2.01. The zero-order valence-electron chi connectivity index (χ0n) is 7.23. The molecule has 0 radical (unpaired) electrons. The molecule has 72 valence electrons. The highest BCUT2D eigenvalue weighted by Gasteiger charge is 2.29. The van der Waals surface area contributed by atoms with Gasteiger partial charge in [0.2, 0.25) is 0 Å². The van der Waals surface area contributed by atoms with E-state index in [4.69, 9.17) is 15.3 Å². The second-order valence-corrected chi connectivity index (χ2v) is 2.84. The van der Waals surface area contributed by atoms with Gasteiger partial charge in [-0.2, -0.15) is 0 Å². The summed E-state index contributed by atoms with van der Waals surface area (Å²) in [6.07, 6.45) is 0. The zero-order chi connectivity index (χ0) is 9.61. The molecule has 0 saturated heterocycles. The molecule has 12 heavy (non-hydrogen) atoms. The van der Waals surface area contributed by atoms with Crippen molar-refractivity contribution in [3.63, 3.8) is 0 Å². The van der Waals surface area contributed by atoms with Gasteiger partial charge in [-0.1, -0.05) is 0 Å². The molecule has 1 amide bonds. The van der Waals surface area contributed by atoms with Crippen molar-refractivity contribution in [2.75, 3.05) is 40.0 Å². The summed E-state index contributed by atoms with van der Waals surface area (Å²) in [7, 11) is 1.57. The summed E-state index contributed by atoms with van der Waals surface area (Å²) in [6, 6.07) is 0. The molecule has 5 nitrogen and oxygen atoms in total. The average molecular weight is 178 g/mol. The van der Waals surface area contributed by atoms with Crippen LogP contribution in [-0.4, -0.2) is 65.7 Å². The van der Waals surface area contributed by atoms with Gasteiger partial charge in [-0.3, -0.25) is 4.48 Å². The number of hydrogen-bond donors (Lipinski definition) is 3. The first-order valence-corrected chi connectivity index (χ1v) is 3.81. The molecule has 0 aromatic heterocycles. The van der Waals surface area contributed by atoms with Crippen molar-refractivity contribution in [2.24, 2.45) is 0 Å². The van der Waals surface area contributed by atoms with Crippen LogP contribution in [0, 0.1) is 0 Å². The van der Waals surface area contributed by atoms with E-state index in [2.05, 4.69) is 0 Å². The Labute approximate surface area is 71.4 Å². The number of aliphatic hydroxyl groups excluding tert-OH is 3. The van der Waals surface area contributed by atoms with Crippen LogP contribution < -0.4 is 0 Å². The van der Waals surface area contributed by atoms with E-state index in [1.807, 2.05) is 0 Å². The number of hydrogen-bond acceptors (Lipinski definition) is 4. The fourth-order valence-electron chi connectivity index (χ4n) is 0.973. The minimum atomic E-state index is -0.559. The summed E-state index contributed by atoms with van der Waals surface area (Å²) >= 11 is 0. The molecule has 0 unspecified atom stereocenters. The molecule has 0 bridgehead atoms. The first-order valence-electron chi connectivity index (χ1n) is 3.81. The number of quaternary nitrogens is 1. The van der Waals surface area contributed by atoms with Gasteiger partial charge in [0.1, 0.15) is 13.1 Å². The number of carbonyl (C=O) groups is 1. The van der Waals surface area contributed by atoms with E-state index >= 15 is 0 Å². The van der Waals surface area contributed by atoms with Crippen molar-refractivity contribution in [3.05, 3.63) is 0 Å². The maximum atomic E-state index is 11.1. The fraction of sp³-hybridized carbons (Fsp3) is 0.857. The van der Waals surface area contributed by atoms with E-state index < -0.39 is 12.5 Å². The summed E-state index contributed by atoms with van der Waals surface area (Å²) < 4.78 is -0.122. The minimum Gasteiger partial charge on any atom is -0.390 e. The Morgan fingerprint density at radius 2 is 1.58 bits per heavy atom. The molecule has 0 aliphatic heterocycles. The molecule has 0 aromatic carbocycles. The smallest absolute Gasteiger partial charge is 0.339 e. The van der Waals surface area contributed by atoms with Crippen molar-refractivity contribution < 1.29 is 24.6 Å². The SMILES string of the molecule is C[N+](CCO)(CCO)C(=O)CO. The van der Waals surface area contributed by atoms with Crippen molar-refractivity contribution in [2.45, 2.75) is 0 Å². The predicted molar refractivity (Wildman–Crippen MR) is 42.2 cm³/mol. The van der Waals surface area contributed by atoms with Crippen LogP contribution in [0.4, 0.5) is 0 Å². The quantitative estimate of drug-likeness (QED) is 0.423. The van der Waals surface area contributed by atoms with Gasteiger partial charge in [-0.25, -0.2) is 4.79 Å². The van der Waals surface area contributed by atoms with Gasteiger partial charge in [-0.05, 0) is 0 Å². The van der Waals surface area contributed by atoms with Crippen LogP contribution in [0.3, 0.4) is 0 Å². The van der Waals surface area contributed by atoms with E-state index in [1.54, 1.807) is 7.05 Å². The third kappa shape index (κ3) is 2.86. The summed E-state index contributed by atoms with van der Waals surface area (Å²) in [5.41, 5.74) is 0. The standard InChI is InChI=1S/C7H16NO4/c1-8(2-4-9,3-5-10)7(12)6-11/h9-11H,2-6H2,1H3/q+1. The molecule has 0 saturated carbocycles. The second kappa shape index (κ2) is 5.21. The summed E-state index contributed by atoms with van der Waals surface area (Å²) in [5, 5.41) is 25.9. The highest BCUT2D eigenvalue weighted by atomic mass is 16.3. The molecule has 5 heteroatoms. The largest absolute Gasteiger partial charge is 0.390 e. The van der Waals surface area contributed by atoms with Gasteiger partial charge in [0.05, 0.1) is 20.3 Å². The summed E-state index contributed by atoms with van der Waals surface area (Å²) in [4.78, 5) is 11.1. The molecule has 0 rings (SSSR count). The highest BCUT2D eigenvalue weighted by molar-refractivity contribution is 5.69. The molecule has 0 atom stereocenters. The van der Waals surface area contributed by atoms with Crippen molar-refractivity contribution in [3.8, 4) is 0 Å². The van der Waals surface area contributed by atoms with E-state index in [0.29, 0.717) is 0 Å². The number of rotatable bonds is 5. The van der Waals surface area contributed by atoms with Crippen molar-refractivity contribution in [1.82, 2.24) is 0 Å². The van der Waals surface area contributed by atoms with E-state index in [9.17, 15) is 4.79 Å². The van der Waals surface area contributed by atoms with Gasteiger partial charge in [0.15, 0.2) is 6.61 Å². The van der Waals surface area contributed by atoms with Gasteiger partial charge >= 0.3 is 5.91 Å². The second-order valence-electron chi connectivity index (χ2n) is 2.84. The van der Waals surface area contributed by atoms with Gasteiger partial charge < -0.3 is 15.3 Å². The zero-order valence-corrected chi connectivity index (χ0v) is 7.23. The predicted octanol–water partition coefficient (Wildman–Crippen LogP) is -2.06.